The number of aromatic nitrogens is 4. The van der Waals surface area contributed by atoms with Crippen LogP contribution in [0, 0.1) is 0 Å². The third-order valence-corrected chi connectivity index (χ3v) is 18.7. The molecular weight excluding hydrogens is 1440 g/mol. The van der Waals surface area contributed by atoms with E-state index in [2.05, 4.69) is 20.5 Å². The van der Waals surface area contributed by atoms with Crippen molar-refractivity contribution >= 4 is 96.6 Å². The SMILES string of the molecule is COc1ccc2c(OS(=O)(=O)Oc3cc(C(=O)N(C)CCOCCn4cc(COCCN5C(=O)C=CC5=O)nn4)ccc3O[C@@H]3O[C@H](C(=O)O)[C@@H](O)[C@H](O)[C@H]3O)cc3c(c2c1)[C@H](CCl)CN3C(=O)c1cc2cc(/C(C)=N/O[C@@H]3O[C@H](C(=O)O)[C@@H](O)[C@H](OC4OC(C(=O)O)[C@@H](O)[C@H](O)[C@H]4O)[C@H]3O)ccc2[nH]1. The number of aliphatic hydroxyl groups excluding tert-OH is 8. The molecule has 0 radical (unpaired) electrons. The van der Waals surface area contributed by atoms with E-state index in [1.165, 1.54) is 78.0 Å². The van der Waals surface area contributed by atoms with Crippen LogP contribution in [0.25, 0.3) is 21.7 Å². The molecule has 5 aliphatic heterocycles. The average molecular weight is 1510 g/mol. The molecular formula is C64H69ClN8O31S. The first kappa shape index (κ1) is 76.5. The first-order chi connectivity index (χ1) is 49.9. The van der Waals surface area contributed by atoms with Gasteiger partial charge in [-0.3, -0.25) is 24.1 Å². The standard InChI is InChI=1S/C64H69ClN8O31S/c1-27(68-102-64-52(83)53(51(82)56(101-64)61(90)91)98-63-50(81)46(77)48(79)55(100-63)60(88)89)28-4-8-36-30(18-28)19-37(66-36)58(85)73-24-31(23-65)44-35-21-33(94-3)6-7-34(35)40(22-38(44)73)103-105(92,93)104-41-20-29(5-9-39(41)97-62-49(80)45(76)47(78)54(99-62)59(86)87)57(84)70(2)12-15-95-16-13-71-25-32(67-69-71)26-96-17-14-72-42(74)10-11-43(72)75/h4-11,18-22,25,31,45-56,62-64,66,76-83H,12-17,23-24,26H2,1-3H3,(H,86,87)(H,88,89)(H,90,91)/b68-27+/t31-,45+,46+,47+,48+,49-,50-,51+,52-,53+,54+,55?,56+,62-,63?,64+/m1/s1. The molecule has 12 N–H and O–H groups in total. The molecule has 41 heteroatoms. The summed E-state index contributed by atoms with van der Waals surface area (Å²) in [5.74, 6) is -9.89. The number of halogens is 1. The number of carbonyl (C=O) groups is 7. The lowest BCUT2D eigenvalue weighted by atomic mass is 9.95. The number of nitrogens with zero attached hydrogens (tertiary/aromatic N) is 7. The molecule has 105 heavy (non-hydrogen) atoms. The van der Waals surface area contributed by atoms with Gasteiger partial charge < -0.3 is 122 Å². The number of likely N-dealkylation sites (N-methyl/N-ethyl adjacent to an activating group) is 1. The normalized spacial score (nSPS) is 27.0. The molecule has 16 atom stereocenters. The third kappa shape index (κ3) is 16.4. The molecule has 6 aromatic rings. The molecule has 0 aliphatic carbocycles. The van der Waals surface area contributed by atoms with Gasteiger partial charge in [-0.25, -0.2) is 19.1 Å². The molecule has 4 amide bonds. The molecule has 2 aromatic heterocycles. The van der Waals surface area contributed by atoms with E-state index < -0.39 is 167 Å². The van der Waals surface area contributed by atoms with Gasteiger partial charge in [0.05, 0.1) is 64.2 Å². The minimum Gasteiger partial charge on any atom is -0.497 e. The number of carboxylic acid groups (broad SMARTS) is 3. The number of aliphatic hydroxyl groups is 8. The lowest BCUT2D eigenvalue weighted by Gasteiger charge is -2.44. The Kier molecular flexibility index (Phi) is 23.3. The summed E-state index contributed by atoms with van der Waals surface area (Å²) in [6, 6.07) is 15.0. The number of carbonyl (C=O) groups excluding carboxylic acids is 4. The Labute approximate surface area is 597 Å². The topological polar surface area (TPSA) is 546 Å². The molecule has 2 unspecified atom stereocenters. The van der Waals surface area contributed by atoms with Gasteiger partial charge in [0.15, 0.2) is 41.9 Å². The Morgan fingerprint density at radius 3 is 2.01 bits per heavy atom. The van der Waals surface area contributed by atoms with Crippen LogP contribution in [0.1, 0.15) is 50.5 Å². The van der Waals surface area contributed by atoms with Gasteiger partial charge in [-0.2, -0.15) is 0 Å². The molecule has 5 aliphatic rings. The molecule has 39 nitrogen and oxygen atoms in total. The van der Waals surface area contributed by atoms with Crippen LogP contribution in [0.4, 0.5) is 5.69 Å². The molecule has 11 rings (SSSR count). The molecule has 3 fully saturated rings. The Bertz CT molecular complexity index is 4460. The maximum Gasteiger partial charge on any atom is 0.501 e. The number of fused-ring (bicyclic) bond motifs is 4. The first-order valence-electron chi connectivity index (χ1n) is 31.8. The van der Waals surface area contributed by atoms with Gasteiger partial charge in [-0.15, -0.1) is 25.1 Å². The fraction of sp³-hybridized carbons (Fsp3) is 0.438. The summed E-state index contributed by atoms with van der Waals surface area (Å²) in [6.07, 6.45) is -28.3. The van der Waals surface area contributed by atoms with E-state index in [4.69, 9.17) is 62.7 Å². The van der Waals surface area contributed by atoms with Crippen molar-refractivity contribution < 1.29 is 149 Å². The summed E-state index contributed by atoms with van der Waals surface area (Å²) in [5.41, 5.74) is 1.55. The number of imide groups is 1. The fourth-order valence-corrected chi connectivity index (χ4v) is 13.0. The fourth-order valence-electron chi connectivity index (χ4n) is 12.0. The number of oxime groups is 1. The van der Waals surface area contributed by atoms with E-state index in [-0.39, 0.29) is 92.3 Å². The van der Waals surface area contributed by atoms with Gasteiger partial charge in [-0.1, -0.05) is 16.4 Å². The van der Waals surface area contributed by atoms with Crippen molar-refractivity contribution in [1.82, 2.24) is 29.8 Å². The van der Waals surface area contributed by atoms with Crippen molar-refractivity contribution in [3.63, 3.8) is 0 Å². The zero-order valence-electron chi connectivity index (χ0n) is 55.2. The van der Waals surface area contributed by atoms with Crippen molar-refractivity contribution in [2.75, 3.05) is 64.4 Å². The van der Waals surface area contributed by atoms with Crippen LogP contribution >= 0.6 is 11.6 Å². The second kappa shape index (κ2) is 32.0. The molecule has 564 valence electrons. The number of hydrogen-bond acceptors (Lipinski definition) is 31. The van der Waals surface area contributed by atoms with Crippen LogP contribution in [0.2, 0.25) is 0 Å². The highest BCUT2D eigenvalue weighted by Crippen LogP contribution is 2.48. The highest BCUT2D eigenvalue weighted by Gasteiger charge is 2.55. The van der Waals surface area contributed by atoms with E-state index in [0.717, 1.165) is 23.1 Å². The summed E-state index contributed by atoms with van der Waals surface area (Å²) in [6.45, 7) is 1.78. The van der Waals surface area contributed by atoms with E-state index in [1.807, 2.05) is 0 Å². The van der Waals surface area contributed by atoms with Crippen molar-refractivity contribution in [2.24, 2.45) is 5.16 Å². The second-order valence-electron chi connectivity index (χ2n) is 24.4. The predicted molar refractivity (Wildman–Crippen MR) is 350 cm³/mol. The summed E-state index contributed by atoms with van der Waals surface area (Å²) >= 11 is 6.63. The average Bonchev–Trinajstić information content (AvgIpc) is 1.62. The number of rotatable bonds is 29. The summed E-state index contributed by atoms with van der Waals surface area (Å²) in [5, 5.41) is 127. The number of benzene rings is 4. The van der Waals surface area contributed by atoms with E-state index in [0.29, 0.717) is 33.1 Å². The number of nitrogens with one attached hydrogen (secondary N) is 1. The molecule has 0 bridgehead atoms. The van der Waals surface area contributed by atoms with E-state index in [1.54, 1.807) is 24.4 Å². The Hall–Kier alpha value is -9.60. The van der Waals surface area contributed by atoms with Gasteiger partial charge >= 0.3 is 28.3 Å². The van der Waals surface area contributed by atoms with E-state index in [9.17, 15) is 98.2 Å². The second-order valence-corrected chi connectivity index (χ2v) is 25.9. The van der Waals surface area contributed by atoms with Gasteiger partial charge in [0.25, 0.3) is 29.9 Å². The van der Waals surface area contributed by atoms with Crippen LogP contribution in [0.3, 0.4) is 0 Å². The molecule has 7 heterocycles. The smallest absolute Gasteiger partial charge is 0.497 e. The highest BCUT2D eigenvalue weighted by molar-refractivity contribution is 7.82. The van der Waals surface area contributed by atoms with Crippen LogP contribution in [-0.2, 0) is 80.8 Å². The molecule has 3 saturated heterocycles. The summed E-state index contributed by atoms with van der Waals surface area (Å²) in [4.78, 5) is 101. The number of methoxy groups -OCH3 is 1. The lowest BCUT2D eigenvalue weighted by molar-refractivity contribution is -0.352. The Morgan fingerprint density at radius 1 is 0.695 bits per heavy atom. The van der Waals surface area contributed by atoms with Gasteiger partial charge in [0.1, 0.15) is 72.1 Å². The number of carboxylic acids is 3. The van der Waals surface area contributed by atoms with Crippen LogP contribution in [0.5, 0.6) is 23.0 Å². The van der Waals surface area contributed by atoms with Gasteiger partial charge in [0, 0.05) is 72.0 Å². The zero-order chi connectivity index (χ0) is 75.6. The van der Waals surface area contributed by atoms with E-state index >= 15 is 0 Å². The lowest BCUT2D eigenvalue weighted by Crippen LogP contribution is -2.65. The quantitative estimate of drug-likeness (QED) is 0.00769. The Morgan fingerprint density at radius 2 is 1.33 bits per heavy atom. The largest absolute Gasteiger partial charge is 0.501 e. The van der Waals surface area contributed by atoms with Crippen LogP contribution in [0.15, 0.2) is 90.2 Å². The Balaban J connectivity index is 0.804. The number of aliphatic carboxylic acids is 3. The number of anilines is 1. The molecule has 0 spiro atoms. The number of ether oxygens (including phenoxy) is 8. The van der Waals surface area contributed by atoms with Crippen LogP contribution < -0.4 is 22.7 Å². The number of alkyl halides is 1. The zero-order valence-corrected chi connectivity index (χ0v) is 56.8. The van der Waals surface area contributed by atoms with Crippen LogP contribution in [-0.4, -0.2) is 293 Å². The number of aromatic amines is 1. The third-order valence-electron chi connectivity index (χ3n) is 17.5. The number of H-pyrrole nitrogens is 1. The predicted octanol–water partition coefficient (Wildman–Crippen LogP) is -2.34. The number of amides is 4. The van der Waals surface area contributed by atoms with Crippen molar-refractivity contribution in [3.05, 3.63) is 113 Å². The van der Waals surface area contributed by atoms with Gasteiger partial charge in [0.2, 0.25) is 6.29 Å². The monoisotopic (exact) mass is 1510 g/mol. The minimum absolute atomic E-state index is 0.0136. The highest BCUT2D eigenvalue weighted by atomic mass is 35.5. The van der Waals surface area contributed by atoms with Crippen molar-refractivity contribution in [1.29, 1.82) is 0 Å². The molecule has 0 saturated carbocycles. The van der Waals surface area contributed by atoms with Crippen molar-refractivity contribution in [3.8, 4) is 23.0 Å². The minimum atomic E-state index is -5.47. The first-order valence-corrected chi connectivity index (χ1v) is 33.7. The number of hydrogen-bond donors (Lipinski definition) is 12. The maximum atomic E-state index is 14.9. The van der Waals surface area contributed by atoms with Crippen molar-refractivity contribution in [2.45, 2.75) is 118 Å². The maximum absolute atomic E-state index is 14.9. The molecule has 4 aromatic carbocycles. The summed E-state index contributed by atoms with van der Waals surface area (Å²) in [7, 11) is -2.69. The van der Waals surface area contributed by atoms with Gasteiger partial charge in [-0.05, 0) is 78.0 Å². The summed E-state index contributed by atoms with van der Waals surface area (Å²) < 4.78 is 85.7.